The van der Waals surface area contributed by atoms with Crippen molar-refractivity contribution in [3.8, 4) is 5.88 Å². The minimum Gasteiger partial charge on any atom is -0.474 e. The number of rotatable bonds is 9. The Morgan fingerprint density at radius 2 is 2.08 bits per heavy atom. The van der Waals surface area contributed by atoms with Gasteiger partial charge in [0.1, 0.15) is 6.10 Å². The lowest BCUT2D eigenvalue weighted by Crippen LogP contribution is -2.37. The summed E-state index contributed by atoms with van der Waals surface area (Å²) in [4.78, 5) is 8.62. The maximum absolute atomic E-state index is 6.08. The third-order valence-electron chi connectivity index (χ3n) is 4.70. The molecular weight excluding hydrogens is 328 g/mol. The molecule has 0 atom stereocenters. The molecule has 2 N–H and O–H groups in total. The molecule has 26 heavy (non-hydrogen) atoms. The van der Waals surface area contributed by atoms with Crippen LogP contribution in [0.5, 0.6) is 5.88 Å². The summed E-state index contributed by atoms with van der Waals surface area (Å²) in [6.07, 6.45) is 7.83. The molecule has 1 heterocycles. The van der Waals surface area contributed by atoms with Crippen LogP contribution in [0, 0.1) is 5.92 Å². The van der Waals surface area contributed by atoms with Crippen LogP contribution >= 0.6 is 0 Å². The van der Waals surface area contributed by atoms with Gasteiger partial charge in [0.2, 0.25) is 5.88 Å². The van der Waals surface area contributed by atoms with Gasteiger partial charge < -0.3 is 20.1 Å². The molecule has 1 aromatic heterocycles. The van der Waals surface area contributed by atoms with Gasteiger partial charge in [-0.2, -0.15) is 0 Å². The van der Waals surface area contributed by atoms with E-state index in [0.717, 1.165) is 62.3 Å². The van der Waals surface area contributed by atoms with Crippen LogP contribution in [0.1, 0.15) is 51.5 Å². The first-order chi connectivity index (χ1) is 12.7. The van der Waals surface area contributed by atoms with E-state index in [0.29, 0.717) is 12.6 Å². The summed E-state index contributed by atoms with van der Waals surface area (Å²) in [5, 5.41) is 6.62. The quantitative estimate of drug-likeness (QED) is 0.401. The Kier molecular flexibility index (Phi) is 9.24. The van der Waals surface area contributed by atoms with Gasteiger partial charge in [-0.15, -0.1) is 0 Å². The number of hydrogen-bond acceptors (Lipinski definition) is 4. The van der Waals surface area contributed by atoms with Gasteiger partial charge in [0.15, 0.2) is 5.96 Å². The molecule has 0 aromatic carbocycles. The Hall–Kier alpha value is -1.82. The minimum atomic E-state index is 0.307. The fourth-order valence-electron chi connectivity index (χ4n) is 3.07. The Morgan fingerprint density at radius 3 is 2.81 bits per heavy atom. The fourth-order valence-corrected chi connectivity index (χ4v) is 3.07. The van der Waals surface area contributed by atoms with Crippen molar-refractivity contribution in [1.82, 2.24) is 15.6 Å². The normalized spacial score (nSPS) is 20.7. The first-order valence-electron chi connectivity index (χ1n) is 9.85. The van der Waals surface area contributed by atoms with Gasteiger partial charge in [0, 0.05) is 45.6 Å². The van der Waals surface area contributed by atoms with Crippen molar-refractivity contribution in [3.05, 3.63) is 23.9 Å². The molecular formula is C20H34N4O2. The van der Waals surface area contributed by atoms with Crippen molar-refractivity contribution in [2.45, 2.75) is 58.6 Å². The molecule has 2 rings (SSSR count). The van der Waals surface area contributed by atoms with Gasteiger partial charge >= 0.3 is 0 Å². The van der Waals surface area contributed by atoms with E-state index in [4.69, 9.17) is 9.47 Å². The number of pyridine rings is 1. The lowest BCUT2D eigenvalue weighted by atomic mass is 9.89. The summed E-state index contributed by atoms with van der Waals surface area (Å²) < 4.78 is 11.4. The van der Waals surface area contributed by atoms with Crippen molar-refractivity contribution >= 4 is 5.96 Å². The van der Waals surface area contributed by atoms with Crippen molar-refractivity contribution in [3.63, 3.8) is 0 Å². The summed E-state index contributed by atoms with van der Waals surface area (Å²) in [5.74, 6) is 2.34. The molecule has 0 unspecified atom stereocenters. The maximum atomic E-state index is 6.08. The van der Waals surface area contributed by atoms with Crippen LogP contribution in [0.4, 0.5) is 0 Å². The van der Waals surface area contributed by atoms with E-state index >= 15 is 0 Å². The summed E-state index contributed by atoms with van der Waals surface area (Å²) in [7, 11) is 1.78. The highest BCUT2D eigenvalue weighted by Crippen LogP contribution is 2.26. The molecule has 0 saturated heterocycles. The van der Waals surface area contributed by atoms with Gasteiger partial charge in [0.25, 0.3) is 0 Å². The Balaban J connectivity index is 1.74. The minimum absolute atomic E-state index is 0.307. The molecule has 146 valence electrons. The predicted octanol–water partition coefficient (Wildman–Crippen LogP) is 3.13. The highest BCUT2D eigenvalue weighted by Gasteiger charge is 2.19. The number of ether oxygens (including phenoxy) is 2. The summed E-state index contributed by atoms with van der Waals surface area (Å²) >= 11 is 0. The Morgan fingerprint density at radius 1 is 1.27 bits per heavy atom. The molecule has 1 aliphatic rings. The van der Waals surface area contributed by atoms with Crippen LogP contribution in [0.3, 0.4) is 0 Å². The first kappa shape index (κ1) is 20.5. The number of aromatic nitrogens is 1. The molecule has 0 aliphatic heterocycles. The second-order valence-electron chi connectivity index (χ2n) is 6.91. The van der Waals surface area contributed by atoms with E-state index in [2.05, 4.69) is 27.5 Å². The van der Waals surface area contributed by atoms with Gasteiger partial charge in [-0.1, -0.05) is 6.92 Å². The number of guanidine groups is 1. The van der Waals surface area contributed by atoms with E-state index in [1.807, 2.05) is 25.3 Å². The van der Waals surface area contributed by atoms with Crippen molar-refractivity contribution in [1.29, 1.82) is 0 Å². The largest absolute Gasteiger partial charge is 0.474 e. The summed E-state index contributed by atoms with van der Waals surface area (Å²) in [6, 6.07) is 4.03. The molecule has 0 spiro atoms. The number of aliphatic imine (C=N–C) groups is 1. The number of nitrogens with one attached hydrogen (secondary N) is 2. The van der Waals surface area contributed by atoms with Crippen molar-refractivity contribution in [2.75, 3.05) is 26.8 Å². The van der Waals surface area contributed by atoms with Crippen LogP contribution in [0.15, 0.2) is 23.3 Å². The smallest absolute Gasteiger partial charge is 0.213 e. The zero-order valence-corrected chi connectivity index (χ0v) is 16.5. The second kappa shape index (κ2) is 11.7. The molecule has 1 fully saturated rings. The third kappa shape index (κ3) is 7.60. The van der Waals surface area contributed by atoms with Gasteiger partial charge in [-0.3, -0.25) is 4.99 Å². The highest BCUT2D eigenvalue weighted by atomic mass is 16.5. The zero-order valence-electron chi connectivity index (χ0n) is 16.5. The zero-order chi connectivity index (χ0) is 18.6. The summed E-state index contributed by atoms with van der Waals surface area (Å²) in [6.45, 7) is 7.38. The van der Waals surface area contributed by atoms with E-state index in [1.165, 1.54) is 12.8 Å². The lowest BCUT2D eigenvalue weighted by molar-refractivity contribution is 0.130. The average molecular weight is 363 g/mol. The van der Waals surface area contributed by atoms with Crippen molar-refractivity contribution in [2.24, 2.45) is 10.9 Å². The van der Waals surface area contributed by atoms with E-state index in [9.17, 15) is 0 Å². The average Bonchev–Trinajstić information content (AvgIpc) is 2.66. The standard InChI is InChI=1S/C20H34N4O2/c1-4-25-13-5-11-23-20(21-3)24-15-17-10-12-22-19(14-17)26-18-8-6-16(2)7-9-18/h10,12,14,16,18H,4-9,11,13,15H2,1-3H3,(H2,21,23,24). The molecule has 1 saturated carbocycles. The molecule has 0 amide bonds. The maximum Gasteiger partial charge on any atom is 0.213 e. The molecule has 1 aromatic rings. The number of nitrogens with zero attached hydrogens (tertiary/aromatic N) is 2. The molecule has 6 nitrogen and oxygen atoms in total. The van der Waals surface area contributed by atoms with Crippen LogP contribution < -0.4 is 15.4 Å². The van der Waals surface area contributed by atoms with Crippen LogP contribution in [-0.4, -0.2) is 43.9 Å². The fraction of sp³-hybridized carbons (Fsp3) is 0.700. The van der Waals surface area contributed by atoms with E-state index in [1.54, 1.807) is 7.05 Å². The SMILES string of the molecule is CCOCCCNC(=NC)NCc1ccnc(OC2CCC(C)CC2)c1. The van der Waals surface area contributed by atoms with Gasteiger partial charge in [0.05, 0.1) is 0 Å². The number of hydrogen-bond donors (Lipinski definition) is 2. The van der Waals surface area contributed by atoms with Crippen LogP contribution in [-0.2, 0) is 11.3 Å². The van der Waals surface area contributed by atoms with E-state index in [-0.39, 0.29) is 0 Å². The second-order valence-corrected chi connectivity index (χ2v) is 6.91. The molecule has 0 radical (unpaired) electrons. The molecule has 1 aliphatic carbocycles. The van der Waals surface area contributed by atoms with Crippen LogP contribution in [0.25, 0.3) is 0 Å². The lowest BCUT2D eigenvalue weighted by Gasteiger charge is -2.26. The van der Waals surface area contributed by atoms with Crippen molar-refractivity contribution < 1.29 is 9.47 Å². The van der Waals surface area contributed by atoms with Crippen LogP contribution in [0.2, 0.25) is 0 Å². The predicted molar refractivity (Wildman–Crippen MR) is 106 cm³/mol. The third-order valence-corrected chi connectivity index (χ3v) is 4.70. The Labute approximate surface area is 157 Å². The monoisotopic (exact) mass is 362 g/mol. The highest BCUT2D eigenvalue weighted by molar-refractivity contribution is 5.79. The Bertz CT molecular complexity index is 542. The molecule has 6 heteroatoms. The molecule has 0 bridgehead atoms. The first-order valence-corrected chi connectivity index (χ1v) is 9.85. The topological polar surface area (TPSA) is 67.8 Å². The van der Waals surface area contributed by atoms with Gasteiger partial charge in [-0.05, 0) is 56.6 Å². The van der Waals surface area contributed by atoms with E-state index < -0.39 is 0 Å². The van der Waals surface area contributed by atoms with Gasteiger partial charge in [-0.25, -0.2) is 4.98 Å². The summed E-state index contributed by atoms with van der Waals surface area (Å²) in [5.41, 5.74) is 1.14.